The maximum Gasteiger partial charge on any atom is 0.251 e. The Labute approximate surface area is 102 Å². The summed E-state index contributed by atoms with van der Waals surface area (Å²) >= 11 is 0. The number of hydrogen-bond acceptors (Lipinski definition) is 4. The lowest BCUT2D eigenvalue weighted by Crippen LogP contribution is -2.67. The van der Waals surface area contributed by atoms with Crippen molar-refractivity contribution < 1.29 is 9.59 Å². The molecule has 1 aliphatic rings. The van der Waals surface area contributed by atoms with Crippen LogP contribution in [0.4, 0.5) is 0 Å². The molecule has 0 aromatic carbocycles. The summed E-state index contributed by atoms with van der Waals surface area (Å²) in [7, 11) is 1.78. The lowest BCUT2D eigenvalue weighted by molar-refractivity contribution is -0.152. The van der Waals surface area contributed by atoms with E-state index in [4.69, 9.17) is 5.84 Å². The third-order valence-electron chi connectivity index (χ3n) is 3.47. The van der Waals surface area contributed by atoms with Crippen LogP contribution in [0.3, 0.4) is 0 Å². The normalized spacial score (nSPS) is 22.4. The molecule has 1 heterocycles. The Morgan fingerprint density at radius 3 is 2.59 bits per heavy atom. The fourth-order valence-electron chi connectivity index (χ4n) is 2.42. The molecule has 0 aromatic rings. The lowest BCUT2D eigenvalue weighted by atomic mass is 9.94. The summed E-state index contributed by atoms with van der Waals surface area (Å²) in [6.45, 7) is 6.92. The standard InChI is InChI=1S/C11H22N4O2/c1-5-8(9(16)13-12)15-7-6-14(4)10(17)11(15,2)3/h8H,5-7,12H2,1-4H3,(H,13,16). The highest BCUT2D eigenvalue weighted by molar-refractivity contribution is 5.88. The second-order valence-electron chi connectivity index (χ2n) is 4.91. The maximum absolute atomic E-state index is 12.1. The molecule has 2 amide bonds. The summed E-state index contributed by atoms with van der Waals surface area (Å²) in [6.07, 6.45) is 0.628. The van der Waals surface area contributed by atoms with Gasteiger partial charge in [-0.25, -0.2) is 5.84 Å². The highest BCUT2D eigenvalue weighted by Gasteiger charge is 2.44. The molecular formula is C11H22N4O2. The first-order valence-electron chi connectivity index (χ1n) is 5.89. The largest absolute Gasteiger partial charge is 0.343 e. The number of nitrogens with two attached hydrogens (primary N) is 1. The van der Waals surface area contributed by atoms with Gasteiger partial charge in [0.05, 0.1) is 11.6 Å². The molecule has 6 nitrogen and oxygen atoms in total. The third kappa shape index (κ3) is 2.42. The molecule has 3 N–H and O–H groups in total. The van der Waals surface area contributed by atoms with Crippen molar-refractivity contribution in [3.63, 3.8) is 0 Å². The van der Waals surface area contributed by atoms with Crippen LogP contribution in [-0.2, 0) is 9.59 Å². The zero-order valence-corrected chi connectivity index (χ0v) is 11.0. The molecule has 0 radical (unpaired) electrons. The van der Waals surface area contributed by atoms with Crippen molar-refractivity contribution in [3.8, 4) is 0 Å². The molecule has 0 bridgehead atoms. The Morgan fingerprint density at radius 1 is 1.53 bits per heavy atom. The molecule has 1 fully saturated rings. The van der Waals surface area contributed by atoms with Gasteiger partial charge in [0.25, 0.3) is 5.91 Å². The highest BCUT2D eigenvalue weighted by atomic mass is 16.2. The first-order valence-corrected chi connectivity index (χ1v) is 5.89. The number of carbonyl (C=O) groups excluding carboxylic acids is 2. The maximum atomic E-state index is 12.1. The van der Waals surface area contributed by atoms with Gasteiger partial charge in [0.1, 0.15) is 0 Å². The van der Waals surface area contributed by atoms with E-state index in [0.717, 1.165) is 0 Å². The molecule has 1 atom stereocenters. The molecule has 0 aliphatic carbocycles. The number of piperazine rings is 1. The van der Waals surface area contributed by atoms with Crippen LogP contribution in [0.15, 0.2) is 0 Å². The summed E-state index contributed by atoms with van der Waals surface area (Å²) in [6, 6.07) is -0.354. The Bertz CT molecular complexity index is 317. The van der Waals surface area contributed by atoms with Crippen LogP contribution in [0, 0.1) is 0 Å². The van der Waals surface area contributed by atoms with Gasteiger partial charge >= 0.3 is 0 Å². The van der Waals surface area contributed by atoms with Crippen molar-refractivity contribution in [2.24, 2.45) is 5.84 Å². The molecule has 98 valence electrons. The number of rotatable bonds is 3. The monoisotopic (exact) mass is 242 g/mol. The summed E-state index contributed by atoms with van der Waals surface area (Å²) in [4.78, 5) is 27.5. The molecule has 1 saturated heterocycles. The zero-order chi connectivity index (χ0) is 13.2. The van der Waals surface area contributed by atoms with Gasteiger partial charge in [-0.05, 0) is 20.3 Å². The Balaban J connectivity index is 2.96. The predicted molar refractivity (Wildman–Crippen MR) is 64.8 cm³/mol. The number of carbonyl (C=O) groups is 2. The Hall–Kier alpha value is -1.14. The molecule has 6 heteroatoms. The van der Waals surface area contributed by atoms with Crippen LogP contribution < -0.4 is 11.3 Å². The average molecular weight is 242 g/mol. The Kier molecular flexibility index (Phi) is 4.11. The topological polar surface area (TPSA) is 78.7 Å². The summed E-state index contributed by atoms with van der Waals surface area (Å²) < 4.78 is 0. The predicted octanol–water partition coefficient (Wildman–Crippen LogP) is -0.692. The van der Waals surface area contributed by atoms with E-state index >= 15 is 0 Å². The molecule has 1 unspecified atom stereocenters. The molecule has 0 spiro atoms. The minimum absolute atomic E-state index is 0.0343. The van der Waals surface area contributed by atoms with Crippen molar-refractivity contribution in [2.75, 3.05) is 20.1 Å². The number of hydrogen-bond donors (Lipinski definition) is 2. The van der Waals surface area contributed by atoms with E-state index in [9.17, 15) is 9.59 Å². The van der Waals surface area contributed by atoms with Crippen LogP contribution in [0.1, 0.15) is 27.2 Å². The zero-order valence-electron chi connectivity index (χ0n) is 11.0. The highest BCUT2D eigenvalue weighted by Crippen LogP contribution is 2.25. The first-order chi connectivity index (χ1) is 7.86. The minimum Gasteiger partial charge on any atom is -0.343 e. The number of hydrazine groups is 1. The molecular weight excluding hydrogens is 220 g/mol. The van der Waals surface area contributed by atoms with Gasteiger partial charge in [0.2, 0.25) is 5.91 Å². The van der Waals surface area contributed by atoms with Crippen molar-refractivity contribution in [1.29, 1.82) is 0 Å². The van der Waals surface area contributed by atoms with Crippen molar-refractivity contribution in [2.45, 2.75) is 38.8 Å². The van der Waals surface area contributed by atoms with E-state index in [0.29, 0.717) is 19.5 Å². The van der Waals surface area contributed by atoms with Gasteiger partial charge < -0.3 is 4.90 Å². The molecule has 0 saturated carbocycles. The second kappa shape index (κ2) is 5.01. The molecule has 1 aliphatic heterocycles. The van der Waals surface area contributed by atoms with Gasteiger partial charge in [0, 0.05) is 20.1 Å². The van der Waals surface area contributed by atoms with Crippen molar-refractivity contribution in [3.05, 3.63) is 0 Å². The quantitative estimate of drug-likeness (QED) is 0.390. The average Bonchev–Trinajstić information content (AvgIpc) is 2.30. The lowest BCUT2D eigenvalue weighted by Gasteiger charge is -2.47. The SMILES string of the molecule is CCC(C(=O)NN)N1CCN(C)C(=O)C1(C)C. The van der Waals surface area contributed by atoms with Gasteiger partial charge in [-0.15, -0.1) is 0 Å². The summed E-state index contributed by atoms with van der Waals surface area (Å²) in [5, 5.41) is 0. The second-order valence-corrected chi connectivity index (χ2v) is 4.91. The molecule has 0 aromatic heterocycles. The molecule has 1 rings (SSSR count). The number of likely N-dealkylation sites (N-methyl/N-ethyl adjacent to an activating group) is 1. The Morgan fingerprint density at radius 2 is 2.12 bits per heavy atom. The number of nitrogens with zero attached hydrogens (tertiary/aromatic N) is 2. The molecule has 17 heavy (non-hydrogen) atoms. The van der Waals surface area contributed by atoms with Gasteiger partial charge in [-0.3, -0.25) is 19.9 Å². The van der Waals surface area contributed by atoms with Crippen LogP contribution >= 0.6 is 0 Å². The van der Waals surface area contributed by atoms with Gasteiger partial charge in [0.15, 0.2) is 0 Å². The van der Waals surface area contributed by atoms with E-state index in [1.807, 2.05) is 25.7 Å². The van der Waals surface area contributed by atoms with Crippen molar-refractivity contribution in [1.82, 2.24) is 15.2 Å². The third-order valence-corrected chi connectivity index (χ3v) is 3.47. The van der Waals surface area contributed by atoms with Crippen LogP contribution in [0.5, 0.6) is 0 Å². The first kappa shape index (κ1) is 13.9. The summed E-state index contributed by atoms with van der Waals surface area (Å²) in [5.74, 6) is 4.98. The van der Waals surface area contributed by atoms with E-state index in [1.165, 1.54) is 0 Å². The van der Waals surface area contributed by atoms with E-state index in [2.05, 4.69) is 5.43 Å². The summed E-state index contributed by atoms with van der Waals surface area (Å²) in [5.41, 5.74) is 1.51. The van der Waals surface area contributed by atoms with Gasteiger partial charge in [-0.2, -0.15) is 0 Å². The van der Waals surface area contributed by atoms with E-state index < -0.39 is 5.54 Å². The smallest absolute Gasteiger partial charge is 0.251 e. The fraction of sp³-hybridized carbons (Fsp3) is 0.818. The van der Waals surface area contributed by atoms with E-state index in [1.54, 1.807) is 11.9 Å². The van der Waals surface area contributed by atoms with Crippen molar-refractivity contribution >= 4 is 11.8 Å². The fourth-order valence-corrected chi connectivity index (χ4v) is 2.42. The van der Waals surface area contributed by atoms with Crippen LogP contribution in [-0.4, -0.2) is 53.3 Å². The number of nitrogens with one attached hydrogen (secondary N) is 1. The van der Waals surface area contributed by atoms with Crippen LogP contribution in [0.2, 0.25) is 0 Å². The van der Waals surface area contributed by atoms with E-state index in [-0.39, 0.29) is 17.9 Å². The van der Waals surface area contributed by atoms with Gasteiger partial charge in [-0.1, -0.05) is 6.92 Å². The van der Waals surface area contributed by atoms with Crippen LogP contribution in [0.25, 0.3) is 0 Å². The minimum atomic E-state index is -0.666. The number of amides is 2.